The van der Waals surface area contributed by atoms with E-state index in [4.69, 9.17) is 5.73 Å². The van der Waals surface area contributed by atoms with Gasteiger partial charge < -0.3 is 5.73 Å². The molecule has 1 saturated heterocycles. The summed E-state index contributed by atoms with van der Waals surface area (Å²) in [5.74, 6) is -0.268. The zero-order valence-corrected chi connectivity index (χ0v) is 10.5. The van der Waals surface area contributed by atoms with E-state index in [0.29, 0.717) is 0 Å². The van der Waals surface area contributed by atoms with E-state index in [2.05, 4.69) is 23.7 Å². The van der Waals surface area contributed by atoms with Crippen molar-refractivity contribution >= 4 is 0 Å². The summed E-state index contributed by atoms with van der Waals surface area (Å²) in [6.07, 6.45) is 3.96. The molecule has 0 spiro atoms. The predicted molar refractivity (Wildman–Crippen MR) is 65.8 cm³/mol. The highest BCUT2D eigenvalue weighted by Gasteiger charge is 2.33. The quantitative estimate of drug-likeness (QED) is 0.852. The molecule has 3 nitrogen and oxygen atoms in total. The molecular formula is C13H20FN3. The Balaban J connectivity index is 2.01. The number of hydrogen-bond donors (Lipinski definition) is 1. The third-order valence-electron chi connectivity index (χ3n) is 3.56. The van der Waals surface area contributed by atoms with Crippen LogP contribution in [0.15, 0.2) is 18.5 Å². The average Bonchev–Trinajstić information content (AvgIpc) is 2.23. The smallest absolute Gasteiger partial charge is 0.141 e. The average molecular weight is 237 g/mol. The lowest BCUT2D eigenvalue weighted by atomic mass is 9.79. The van der Waals surface area contributed by atoms with Crippen LogP contribution in [0.25, 0.3) is 0 Å². The molecule has 2 rings (SSSR count). The van der Waals surface area contributed by atoms with Crippen LogP contribution in [-0.2, 0) is 6.54 Å². The summed E-state index contributed by atoms with van der Waals surface area (Å²) in [4.78, 5) is 6.19. The zero-order chi connectivity index (χ0) is 12.5. The van der Waals surface area contributed by atoms with Gasteiger partial charge >= 0.3 is 0 Å². The van der Waals surface area contributed by atoms with Crippen LogP contribution in [0, 0.1) is 11.2 Å². The third kappa shape index (κ3) is 3.01. The number of hydrogen-bond acceptors (Lipinski definition) is 3. The fourth-order valence-corrected chi connectivity index (χ4v) is 2.42. The van der Waals surface area contributed by atoms with E-state index in [9.17, 15) is 4.39 Å². The van der Waals surface area contributed by atoms with E-state index in [1.807, 2.05) is 0 Å². The second-order valence-electron chi connectivity index (χ2n) is 5.61. The van der Waals surface area contributed by atoms with Crippen LogP contribution in [0.3, 0.4) is 0 Å². The van der Waals surface area contributed by atoms with Gasteiger partial charge in [-0.15, -0.1) is 0 Å². The van der Waals surface area contributed by atoms with Crippen molar-refractivity contribution in [1.29, 1.82) is 0 Å². The molecule has 2 N–H and O–H groups in total. The van der Waals surface area contributed by atoms with E-state index in [-0.39, 0.29) is 17.3 Å². The molecule has 2 heterocycles. The van der Waals surface area contributed by atoms with Gasteiger partial charge in [-0.25, -0.2) is 4.39 Å². The monoisotopic (exact) mass is 237 g/mol. The summed E-state index contributed by atoms with van der Waals surface area (Å²) in [6, 6.07) is 1.80. The Morgan fingerprint density at radius 2 is 2.29 bits per heavy atom. The van der Waals surface area contributed by atoms with Gasteiger partial charge in [-0.2, -0.15) is 0 Å². The van der Waals surface area contributed by atoms with Gasteiger partial charge in [0, 0.05) is 31.9 Å². The number of nitrogens with two attached hydrogens (primary N) is 1. The fourth-order valence-electron chi connectivity index (χ4n) is 2.42. The molecule has 1 aliphatic heterocycles. The van der Waals surface area contributed by atoms with Gasteiger partial charge in [0.05, 0.1) is 6.20 Å². The third-order valence-corrected chi connectivity index (χ3v) is 3.56. The molecule has 1 aromatic heterocycles. The maximum atomic E-state index is 13.0. The number of pyridine rings is 1. The van der Waals surface area contributed by atoms with Gasteiger partial charge in [-0.3, -0.25) is 9.88 Å². The van der Waals surface area contributed by atoms with Crippen molar-refractivity contribution in [2.24, 2.45) is 11.1 Å². The van der Waals surface area contributed by atoms with Crippen molar-refractivity contribution in [3.8, 4) is 0 Å². The van der Waals surface area contributed by atoms with Crippen LogP contribution < -0.4 is 5.73 Å². The fraction of sp³-hybridized carbons (Fsp3) is 0.615. The molecule has 1 unspecified atom stereocenters. The van der Waals surface area contributed by atoms with E-state index in [1.54, 1.807) is 12.3 Å². The van der Waals surface area contributed by atoms with Gasteiger partial charge in [-0.05, 0) is 23.5 Å². The molecular weight excluding hydrogens is 217 g/mol. The lowest BCUT2D eigenvalue weighted by Crippen LogP contribution is -2.52. The number of piperidine rings is 1. The minimum Gasteiger partial charge on any atom is -0.327 e. The van der Waals surface area contributed by atoms with Crippen LogP contribution in [0.5, 0.6) is 0 Å². The van der Waals surface area contributed by atoms with Gasteiger partial charge in [0.15, 0.2) is 0 Å². The Morgan fingerprint density at radius 1 is 1.53 bits per heavy atom. The molecule has 0 saturated carbocycles. The van der Waals surface area contributed by atoms with E-state index >= 15 is 0 Å². The zero-order valence-electron chi connectivity index (χ0n) is 10.5. The highest BCUT2D eigenvalue weighted by Crippen LogP contribution is 2.28. The van der Waals surface area contributed by atoms with Crippen molar-refractivity contribution in [3.05, 3.63) is 29.8 Å². The second kappa shape index (κ2) is 4.70. The predicted octanol–water partition coefficient (Wildman–Crippen LogP) is 1.78. The molecule has 0 amide bonds. The Kier molecular flexibility index (Phi) is 3.45. The van der Waals surface area contributed by atoms with Crippen LogP contribution in [0.1, 0.15) is 25.8 Å². The first kappa shape index (κ1) is 12.5. The van der Waals surface area contributed by atoms with Crippen molar-refractivity contribution < 1.29 is 4.39 Å². The maximum absolute atomic E-state index is 13.0. The second-order valence-corrected chi connectivity index (χ2v) is 5.61. The Labute approximate surface area is 102 Å². The molecule has 1 aliphatic rings. The highest BCUT2D eigenvalue weighted by atomic mass is 19.1. The topological polar surface area (TPSA) is 42.2 Å². The summed E-state index contributed by atoms with van der Waals surface area (Å²) < 4.78 is 13.0. The first-order valence-electron chi connectivity index (χ1n) is 6.05. The van der Waals surface area contributed by atoms with Gasteiger partial charge in [-0.1, -0.05) is 13.8 Å². The van der Waals surface area contributed by atoms with E-state index in [1.165, 1.54) is 6.20 Å². The first-order chi connectivity index (χ1) is 7.97. The van der Waals surface area contributed by atoms with Crippen LogP contribution in [0.4, 0.5) is 4.39 Å². The standard InChI is InChI=1S/C13H20FN3/c1-13(2)9-17(4-3-12(13)15)8-10-5-11(14)7-16-6-10/h5-7,12H,3-4,8-9,15H2,1-2H3. The van der Waals surface area contributed by atoms with Gasteiger partial charge in [0.25, 0.3) is 0 Å². The van der Waals surface area contributed by atoms with Crippen molar-refractivity contribution in [2.75, 3.05) is 13.1 Å². The summed E-state index contributed by atoms with van der Waals surface area (Å²) >= 11 is 0. The maximum Gasteiger partial charge on any atom is 0.141 e. The van der Waals surface area contributed by atoms with Crippen LogP contribution in [-0.4, -0.2) is 29.0 Å². The minimum atomic E-state index is -0.268. The summed E-state index contributed by atoms with van der Waals surface area (Å²) in [7, 11) is 0. The molecule has 4 heteroatoms. The first-order valence-corrected chi connectivity index (χ1v) is 6.05. The molecule has 0 bridgehead atoms. The molecule has 0 radical (unpaired) electrons. The minimum absolute atomic E-state index is 0.124. The van der Waals surface area contributed by atoms with E-state index < -0.39 is 0 Å². The molecule has 1 atom stereocenters. The lowest BCUT2D eigenvalue weighted by molar-refractivity contribution is 0.0897. The molecule has 1 aromatic rings. The van der Waals surface area contributed by atoms with Crippen LogP contribution in [0.2, 0.25) is 0 Å². The number of nitrogens with zero attached hydrogens (tertiary/aromatic N) is 2. The number of rotatable bonds is 2. The summed E-state index contributed by atoms with van der Waals surface area (Å²) in [5.41, 5.74) is 7.14. The van der Waals surface area contributed by atoms with Crippen LogP contribution >= 0.6 is 0 Å². The van der Waals surface area contributed by atoms with Crippen molar-refractivity contribution in [2.45, 2.75) is 32.9 Å². The number of likely N-dealkylation sites (tertiary alicyclic amines) is 1. The number of aromatic nitrogens is 1. The Hall–Kier alpha value is -1.00. The molecule has 1 fully saturated rings. The molecule has 0 aliphatic carbocycles. The molecule has 0 aromatic carbocycles. The van der Waals surface area contributed by atoms with Crippen molar-refractivity contribution in [1.82, 2.24) is 9.88 Å². The Bertz CT molecular complexity index is 392. The summed E-state index contributed by atoms with van der Waals surface area (Å²) in [6.45, 7) is 7.05. The SMILES string of the molecule is CC1(C)CN(Cc2cncc(F)c2)CCC1N. The number of halogens is 1. The molecule has 17 heavy (non-hydrogen) atoms. The van der Waals surface area contributed by atoms with Crippen molar-refractivity contribution in [3.63, 3.8) is 0 Å². The molecule has 94 valence electrons. The highest BCUT2D eigenvalue weighted by molar-refractivity contribution is 5.10. The van der Waals surface area contributed by atoms with Gasteiger partial charge in [0.1, 0.15) is 5.82 Å². The lowest BCUT2D eigenvalue weighted by Gasteiger charge is -2.42. The summed E-state index contributed by atoms with van der Waals surface area (Å²) in [5, 5.41) is 0. The normalized spacial score (nSPS) is 24.8. The van der Waals surface area contributed by atoms with Gasteiger partial charge in [0.2, 0.25) is 0 Å². The largest absolute Gasteiger partial charge is 0.327 e. The van der Waals surface area contributed by atoms with E-state index in [0.717, 1.165) is 31.6 Å². The Morgan fingerprint density at radius 3 is 2.94 bits per heavy atom.